The molecule has 1 fully saturated rings. The van der Waals surface area contributed by atoms with E-state index in [2.05, 4.69) is 5.32 Å². The number of imide groups is 1. The van der Waals surface area contributed by atoms with Crippen LogP contribution in [0.15, 0.2) is 18.2 Å². The molecule has 0 atom stereocenters. The molecule has 1 aromatic carbocycles. The van der Waals surface area contributed by atoms with Crippen LogP contribution < -0.4 is 10.2 Å². The van der Waals surface area contributed by atoms with Crippen molar-refractivity contribution in [3.63, 3.8) is 0 Å². The van der Waals surface area contributed by atoms with Crippen LogP contribution in [0.2, 0.25) is 0 Å². The number of benzene rings is 1. The van der Waals surface area contributed by atoms with E-state index in [4.69, 9.17) is 0 Å². The van der Waals surface area contributed by atoms with Crippen LogP contribution in [0, 0.1) is 0 Å². The number of carbonyl (C=O) groups excluding carboxylic acids is 2. The number of hydrogen-bond acceptors (Lipinski definition) is 4. The first-order valence-corrected chi connectivity index (χ1v) is 6.99. The highest BCUT2D eigenvalue weighted by Gasteiger charge is 2.36. The van der Waals surface area contributed by atoms with Gasteiger partial charge < -0.3 is 5.32 Å². The fourth-order valence-electron chi connectivity index (χ4n) is 1.93. The van der Waals surface area contributed by atoms with E-state index in [0.29, 0.717) is 11.0 Å². The number of nitrogens with one attached hydrogen (secondary N) is 1. The Kier molecular flexibility index (Phi) is 3.90. The molecule has 10 heteroatoms. The molecule has 3 amide bonds. The fraction of sp³-hybridized carbons (Fsp3) is 0.273. The van der Waals surface area contributed by atoms with Gasteiger partial charge in [-0.1, -0.05) is 6.07 Å². The molecule has 0 aliphatic carbocycles. The number of thiol groups is 1. The minimum absolute atomic E-state index is 0.257. The van der Waals surface area contributed by atoms with Crippen LogP contribution >= 0.6 is 0 Å². The third-order valence-corrected chi connectivity index (χ3v) is 3.40. The Hall–Kier alpha value is -2.10. The predicted octanol–water partition coefficient (Wildman–Crippen LogP) is 0.873. The molecule has 0 bridgehead atoms. The molecule has 0 radical (unpaired) electrons. The SMILES string of the molecule is O=C1CNC(=O)N1c1ccc(C[SH](=O)=O)c(C(F)(F)F)c1. The molecule has 1 aliphatic heterocycles. The molecule has 2 rings (SSSR count). The van der Waals surface area contributed by atoms with Crippen molar-refractivity contribution in [2.45, 2.75) is 11.9 Å². The highest BCUT2D eigenvalue weighted by atomic mass is 32.2. The number of urea groups is 1. The molecule has 21 heavy (non-hydrogen) atoms. The van der Waals surface area contributed by atoms with Gasteiger partial charge in [0.2, 0.25) is 0 Å². The molecular weight excluding hydrogens is 313 g/mol. The van der Waals surface area contributed by atoms with Gasteiger partial charge in [0.05, 0.1) is 23.5 Å². The largest absolute Gasteiger partial charge is 0.416 e. The molecule has 0 saturated carbocycles. The fourth-order valence-corrected chi connectivity index (χ4v) is 2.48. The van der Waals surface area contributed by atoms with E-state index in [0.717, 1.165) is 12.1 Å². The summed E-state index contributed by atoms with van der Waals surface area (Å²) in [7, 11) is -3.04. The maximum absolute atomic E-state index is 13.0. The Morgan fingerprint density at radius 3 is 2.38 bits per heavy atom. The van der Waals surface area contributed by atoms with Crippen LogP contribution in [0.1, 0.15) is 11.1 Å². The van der Waals surface area contributed by atoms with Crippen molar-refractivity contribution in [1.82, 2.24) is 5.32 Å². The highest BCUT2D eigenvalue weighted by Crippen LogP contribution is 2.35. The summed E-state index contributed by atoms with van der Waals surface area (Å²) in [5, 5.41) is 2.18. The van der Waals surface area contributed by atoms with Crippen LogP contribution in [-0.4, -0.2) is 26.9 Å². The number of hydrogen-bond donors (Lipinski definition) is 2. The zero-order chi connectivity index (χ0) is 15.8. The van der Waals surface area contributed by atoms with E-state index in [-0.39, 0.29) is 12.2 Å². The van der Waals surface area contributed by atoms with E-state index in [1.807, 2.05) is 0 Å². The second-order valence-electron chi connectivity index (χ2n) is 4.22. The van der Waals surface area contributed by atoms with Gasteiger partial charge in [-0.15, -0.1) is 0 Å². The lowest BCUT2D eigenvalue weighted by Crippen LogP contribution is -2.31. The maximum Gasteiger partial charge on any atom is 0.416 e. The topological polar surface area (TPSA) is 83.6 Å². The second-order valence-corrected chi connectivity index (χ2v) is 5.20. The van der Waals surface area contributed by atoms with E-state index >= 15 is 0 Å². The van der Waals surface area contributed by atoms with Crippen molar-refractivity contribution in [3.05, 3.63) is 29.3 Å². The Morgan fingerprint density at radius 1 is 1.24 bits per heavy atom. The number of alkyl halides is 3. The van der Waals surface area contributed by atoms with Crippen LogP contribution in [0.25, 0.3) is 0 Å². The normalized spacial score (nSPS) is 15.7. The number of rotatable bonds is 3. The molecule has 1 aromatic rings. The quantitative estimate of drug-likeness (QED) is 0.639. The van der Waals surface area contributed by atoms with E-state index < -0.39 is 45.7 Å². The first kappa shape index (κ1) is 15.3. The van der Waals surface area contributed by atoms with Gasteiger partial charge in [-0.2, -0.15) is 13.2 Å². The molecular formula is C11H9F3N2O4S. The Balaban J connectivity index is 2.51. The standard InChI is InChI=1S/C11H9F3N2O4S/c12-11(13,14)8-3-7(2-1-6(8)5-21(19)20)16-9(17)4-15-10(16)18/h1-3,21H,4-5H2,(H,15,18). The minimum Gasteiger partial charge on any atom is -0.328 e. The van der Waals surface area contributed by atoms with Gasteiger partial charge in [0, 0.05) is 0 Å². The van der Waals surface area contributed by atoms with E-state index in [9.17, 15) is 31.2 Å². The Labute approximate surface area is 118 Å². The van der Waals surface area contributed by atoms with Gasteiger partial charge in [-0.05, 0) is 17.7 Å². The lowest BCUT2D eigenvalue weighted by atomic mass is 10.1. The first-order chi connectivity index (χ1) is 9.70. The molecule has 1 heterocycles. The smallest absolute Gasteiger partial charge is 0.328 e. The monoisotopic (exact) mass is 322 g/mol. The average molecular weight is 322 g/mol. The number of anilines is 1. The second kappa shape index (κ2) is 5.35. The van der Waals surface area contributed by atoms with Crippen molar-refractivity contribution >= 4 is 28.3 Å². The summed E-state index contributed by atoms with van der Waals surface area (Å²) in [4.78, 5) is 23.5. The summed E-state index contributed by atoms with van der Waals surface area (Å²) in [5.74, 6) is -1.46. The molecule has 0 spiro atoms. The summed E-state index contributed by atoms with van der Waals surface area (Å²) < 4.78 is 60.1. The number of nitrogens with zero attached hydrogens (tertiary/aromatic N) is 1. The number of halogens is 3. The van der Waals surface area contributed by atoms with Crippen molar-refractivity contribution in [3.8, 4) is 0 Å². The molecule has 0 aromatic heterocycles. The lowest BCUT2D eigenvalue weighted by molar-refractivity contribution is -0.138. The molecule has 1 saturated heterocycles. The van der Waals surface area contributed by atoms with Crippen LogP contribution in [0.3, 0.4) is 0 Å². The minimum atomic E-state index is -4.80. The van der Waals surface area contributed by atoms with Gasteiger partial charge in [0.25, 0.3) is 5.91 Å². The van der Waals surface area contributed by atoms with Crippen LogP contribution in [0.4, 0.5) is 23.7 Å². The zero-order valence-corrected chi connectivity index (χ0v) is 11.2. The van der Waals surface area contributed by atoms with Gasteiger partial charge in [0.15, 0.2) is 0 Å². The summed E-state index contributed by atoms with van der Waals surface area (Å²) in [6.07, 6.45) is -4.80. The zero-order valence-electron chi connectivity index (χ0n) is 10.3. The van der Waals surface area contributed by atoms with Crippen LogP contribution in [-0.2, 0) is 27.4 Å². The van der Waals surface area contributed by atoms with E-state index in [1.54, 1.807) is 0 Å². The Bertz CT molecular complexity index is 661. The number of amides is 3. The summed E-state index contributed by atoms with van der Waals surface area (Å²) in [5.41, 5.74) is -1.88. The number of carbonyl (C=O) groups is 2. The molecule has 0 unspecified atom stereocenters. The van der Waals surface area contributed by atoms with Gasteiger partial charge in [0.1, 0.15) is 10.7 Å². The summed E-state index contributed by atoms with van der Waals surface area (Å²) in [6, 6.07) is 1.82. The molecule has 114 valence electrons. The summed E-state index contributed by atoms with van der Waals surface area (Å²) in [6.45, 7) is -0.297. The third kappa shape index (κ3) is 3.15. The average Bonchev–Trinajstić information content (AvgIpc) is 2.68. The van der Waals surface area contributed by atoms with Crippen molar-refractivity contribution in [2.24, 2.45) is 0 Å². The molecule has 1 aliphatic rings. The van der Waals surface area contributed by atoms with Crippen molar-refractivity contribution in [2.75, 3.05) is 11.4 Å². The molecule has 1 N–H and O–H groups in total. The maximum atomic E-state index is 13.0. The third-order valence-electron chi connectivity index (χ3n) is 2.80. The van der Waals surface area contributed by atoms with E-state index in [1.165, 1.54) is 0 Å². The predicted molar refractivity (Wildman–Crippen MR) is 66.3 cm³/mol. The van der Waals surface area contributed by atoms with Gasteiger partial charge >= 0.3 is 12.2 Å². The van der Waals surface area contributed by atoms with Crippen molar-refractivity contribution in [1.29, 1.82) is 0 Å². The first-order valence-electron chi connectivity index (χ1n) is 5.63. The summed E-state index contributed by atoms with van der Waals surface area (Å²) >= 11 is 0. The van der Waals surface area contributed by atoms with Crippen molar-refractivity contribution < 1.29 is 31.2 Å². The lowest BCUT2D eigenvalue weighted by Gasteiger charge is -2.17. The molecule has 6 nitrogen and oxygen atoms in total. The highest BCUT2D eigenvalue weighted by molar-refractivity contribution is 7.71. The Morgan fingerprint density at radius 2 is 1.90 bits per heavy atom. The van der Waals surface area contributed by atoms with Gasteiger partial charge in [-0.3, -0.25) is 4.79 Å². The van der Waals surface area contributed by atoms with Crippen LogP contribution in [0.5, 0.6) is 0 Å². The van der Waals surface area contributed by atoms with Gasteiger partial charge in [-0.25, -0.2) is 18.1 Å².